The number of rotatable bonds is 13. The number of carbonyl (C=O) groups is 3. The second-order valence-corrected chi connectivity index (χ2v) is 21.1. The van der Waals surface area contributed by atoms with Gasteiger partial charge in [-0.2, -0.15) is 0 Å². The van der Waals surface area contributed by atoms with Crippen molar-refractivity contribution >= 4 is 17.7 Å². The molecule has 2 N–H and O–H groups in total. The number of aliphatic carboxylic acids is 1. The van der Waals surface area contributed by atoms with Crippen molar-refractivity contribution in [2.24, 2.45) is 56.7 Å². The maximum Gasteiger partial charge on any atom is 0.309 e. The molecule has 0 heterocycles. The van der Waals surface area contributed by atoms with Crippen LogP contribution in [0.5, 0.6) is 0 Å². The summed E-state index contributed by atoms with van der Waals surface area (Å²) < 4.78 is 20.0. The maximum absolute atomic E-state index is 14.2. The number of ketones is 1. The molecule has 0 saturated heterocycles. The first-order valence-electron chi connectivity index (χ1n) is 21.6. The summed E-state index contributed by atoms with van der Waals surface area (Å²) in [6.45, 7) is 19.6. The first kappa shape index (κ1) is 43.0. The lowest BCUT2D eigenvalue weighted by atomic mass is 9.37. The van der Waals surface area contributed by atoms with E-state index < -0.39 is 28.9 Å². The Balaban J connectivity index is 1.26. The Morgan fingerprint density at radius 3 is 2.20 bits per heavy atom. The van der Waals surface area contributed by atoms with Gasteiger partial charge in [-0.15, -0.1) is 0 Å². The highest BCUT2D eigenvalue weighted by Gasteiger charge is 2.67. The van der Waals surface area contributed by atoms with Gasteiger partial charge in [0.2, 0.25) is 0 Å². The van der Waals surface area contributed by atoms with Gasteiger partial charge in [0.05, 0.1) is 17.9 Å². The molecule has 5 aliphatic rings. The summed E-state index contributed by atoms with van der Waals surface area (Å²) in [5.41, 5.74) is 1.35. The fraction of sp³-hybridized carbons (Fsp3) is 0.766. The van der Waals surface area contributed by atoms with Gasteiger partial charge in [0, 0.05) is 43.4 Å². The van der Waals surface area contributed by atoms with E-state index in [1.54, 1.807) is 13.8 Å². The summed E-state index contributed by atoms with van der Waals surface area (Å²) in [6.07, 6.45) is 7.07. The largest absolute Gasteiger partial charge is 0.481 e. The molecule has 4 saturated carbocycles. The molecule has 312 valence electrons. The Labute approximate surface area is 336 Å². The number of likely N-dealkylation sites (N-methyl/N-ethyl adjacent to an activating group) is 1. The van der Waals surface area contributed by atoms with Crippen LogP contribution >= 0.6 is 0 Å². The van der Waals surface area contributed by atoms with E-state index in [-0.39, 0.29) is 52.2 Å². The van der Waals surface area contributed by atoms with Gasteiger partial charge in [-0.3, -0.25) is 19.3 Å². The lowest BCUT2D eigenvalue weighted by Crippen LogP contribution is -2.62. The molecule has 0 radical (unpaired) electrons. The Morgan fingerprint density at radius 2 is 1.57 bits per heavy atom. The van der Waals surface area contributed by atoms with Gasteiger partial charge in [-0.25, -0.2) is 4.39 Å². The molecular formula is C47H71FN2O6. The van der Waals surface area contributed by atoms with Crippen molar-refractivity contribution in [3.05, 3.63) is 46.8 Å². The number of nitrogens with zero attached hydrogens (tertiary/aromatic N) is 2. The zero-order valence-electron chi connectivity index (χ0n) is 36.1. The predicted octanol–water partition coefficient (Wildman–Crippen LogP) is 8.55. The number of carboxylic acid groups (broad SMARTS) is 1. The molecule has 0 aliphatic heterocycles. The van der Waals surface area contributed by atoms with Gasteiger partial charge in [0.15, 0.2) is 5.78 Å². The van der Waals surface area contributed by atoms with E-state index in [0.29, 0.717) is 37.3 Å². The number of hydrogen-bond acceptors (Lipinski definition) is 7. The normalized spacial score (nSPS) is 34.6. The minimum Gasteiger partial charge on any atom is -0.481 e. The van der Waals surface area contributed by atoms with Crippen molar-refractivity contribution in [1.29, 1.82) is 0 Å². The standard InChI is InChI=1S/C47H71FN2O6/c1-29(2)40-35(51)25-47(37(52)28-50(24-23-49(9)10)27-30-11-13-31(48)14-12-30)22-21-45(7)32-17-18-36-44(5,6)38(56-39(53)26-43(3,4)42(54)55)19-20-46(36,8)33(32)15-16-34(45)41(40)47/h11-14,29,32-34,36-38,52H,15-28H2,1-10H3,(H,54,55)/t32-,33?,34-,36?,37-,38+,45+,46-,47+/m1/s1. The van der Waals surface area contributed by atoms with Crippen molar-refractivity contribution in [3.63, 3.8) is 0 Å². The highest BCUT2D eigenvalue weighted by Crippen LogP contribution is 2.73. The maximum atomic E-state index is 14.2. The number of allylic oxidation sites excluding steroid dienone is 1. The minimum atomic E-state index is -1.17. The first-order chi connectivity index (χ1) is 26.1. The van der Waals surface area contributed by atoms with Gasteiger partial charge in [-0.1, -0.05) is 59.2 Å². The number of carbonyl (C=O) groups excluding carboxylic acids is 2. The number of hydrogen-bond donors (Lipinski definition) is 2. The van der Waals surface area contributed by atoms with E-state index in [1.807, 2.05) is 12.1 Å². The van der Waals surface area contributed by atoms with E-state index >= 15 is 0 Å². The Bertz CT molecular complexity index is 1680. The van der Waals surface area contributed by atoms with Crippen LogP contribution in [0.1, 0.15) is 125 Å². The van der Waals surface area contributed by atoms with Crippen LogP contribution in [0.15, 0.2) is 35.4 Å². The smallest absolute Gasteiger partial charge is 0.309 e. The summed E-state index contributed by atoms with van der Waals surface area (Å²) in [5.74, 6) is 0.245. The molecule has 0 spiro atoms. The average Bonchev–Trinajstić information content (AvgIpc) is 3.42. The fourth-order valence-corrected chi connectivity index (χ4v) is 13.2. The highest BCUT2D eigenvalue weighted by molar-refractivity contribution is 6.00. The third kappa shape index (κ3) is 7.56. The molecule has 6 rings (SSSR count). The summed E-state index contributed by atoms with van der Waals surface area (Å²) in [6, 6.07) is 6.65. The van der Waals surface area contributed by atoms with E-state index in [1.165, 1.54) is 17.7 Å². The molecular weight excluding hydrogens is 708 g/mol. The molecule has 9 atom stereocenters. The van der Waals surface area contributed by atoms with Crippen LogP contribution in [0.4, 0.5) is 4.39 Å². The number of fused-ring (bicyclic) bond motifs is 7. The number of carboxylic acids is 1. The predicted molar refractivity (Wildman–Crippen MR) is 217 cm³/mol. The number of aliphatic hydroxyl groups excluding tert-OH is 1. The van der Waals surface area contributed by atoms with E-state index in [4.69, 9.17) is 4.74 Å². The molecule has 0 aromatic heterocycles. The van der Waals surface area contributed by atoms with Crippen molar-refractivity contribution in [2.45, 2.75) is 138 Å². The van der Waals surface area contributed by atoms with Crippen molar-refractivity contribution in [3.8, 4) is 0 Å². The summed E-state index contributed by atoms with van der Waals surface area (Å²) in [7, 11) is 4.10. The molecule has 0 amide bonds. The van der Waals surface area contributed by atoms with E-state index in [0.717, 1.165) is 75.6 Å². The molecule has 56 heavy (non-hydrogen) atoms. The number of esters is 1. The van der Waals surface area contributed by atoms with Crippen LogP contribution < -0.4 is 0 Å². The van der Waals surface area contributed by atoms with Crippen molar-refractivity contribution in [1.82, 2.24) is 9.80 Å². The van der Waals surface area contributed by atoms with Crippen LogP contribution in [-0.4, -0.2) is 83.7 Å². The third-order valence-corrected chi connectivity index (χ3v) is 16.3. The Morgan fingerprint density at radius 1 is 0.929 bits per heavy atom. The Kier molecular flexibility index (Phi) is 11.9. The molecule has 5 aliphatic carbocycles. The molecule has 8 nitrogen and oxygen atoms in total. The van der Waals surface area contributed by atoms with Crippen LogP contribution in [-0.2, 0) is 25.7 Å². The van der Waals surface area contributed by atoms with Gasteiger partial charge in [0.1, 0.15) is 11.9 Å². The summed E-state index contributed by atoms with van der Waals surface area (Å²) >= 11 is 0. The van der Waals surface area contributed by atoms with Gasteiger partial charge in [-0.05, 0) is 143 Å². The van der Waals surface area contributed by atoms with Crippen molar-refractivity contribution < 1.29 is 33.7 Å². The topological polar surface area (TPSA) is 107 Å². The number of aliphatic hydroxyl groups is 1. The summed E-state index contributed by atoms with van der Waals surface area (Å²) in [4.78, 5) is 43.5. The summed E-state index contributed by atoms with van der Waals surface area (Å²) in [5, 5.41) is 22.2. The molecule has 2 unspecified atom stereocenters. The number of halogens is 1. The molecule has 9 heteroatoms. The van der Waals surface area contributed by atoms with Gasteiger partial charge >= 0.3 is 11.9 Å². The minimum absolute atomic E-state index is 0.00873. The second-order valence-electron chi connectivity index (χ2n) is 21.1. The fourth-order valence-electron chi connectivity index (χ4n) is 13.2. The number of benzene rings is 1. The van der Waals surface area contributed by atoms with E-state index in [9.17, 15) is 29.0 Å². The second kappa shape index (κ2) is 15.5. The monoisotopic (exact) mass is 779 g/mol. The van der Waals surface area contributed by atoms with Crippen molar-refractivity contribution in [2.75, 3.05) is 33.7 Å². The zero-order valence-corrected chi connectivity index (χ0v) is 36.1. The van der Waals surface area contributed by atoms with Gasteiger partial charge in [0.25, 0.3) is 0 Å². The highest BCUT2D eigenvalue weighted by atomic mass is 19.1. The molecule has 0 bridgehead atoms. The lowest BCUT2D eigenvalue weighted by Gasteiger charge is -2.68. The van der Waals surface area contributed by atoms with Crippen LogP contribution in [0.25, 0.3) is 0 Å². The van der Waals surface area contributed by atoms with Crippen LogP contribution in [0.2, 0.25) is 0 Å². The van der Waals surface area contributed by atoms with E-state index in [2.05, 4.69) is 65.4 Å². The average molecular weight is 779 g/mol. The molecule has 1 aromatic carbocycles. The first-order valence-corrected chi connectivity index (χ1v) is 21.6. The lowest BCUT2D eigenvalue weighted by molar-refractivity contribution is -0.205. The number of ether oxygens (including phenoxy) is 1. The quantitative estimate of drug-likeness (QED) is 0.192. The Hall–Kier alpha value is -2.62. The molecule has 4 fully saturated rings. The van der Waals surface area contributed by atoms with Crippen LogP contribution in [0, 0.1) is 62.5 Å². The third-order valence-electron chi connectivity index (χ3n) is 16.3. The molecule has 1 aromatic rings. The number of Topliss-reactive ketones (excluding diaryl/α,β-unsaturated/α-hetero) is 1. The SMILES string of the molecule is CC(C)C1=C2[C@H]3CCC4[C@@H](CCC5C(C)(C)[C@@H](OC(=O)CC(C)(C)C(=O)O)CC[C@]45C)[C@]3(C)CC[C@@]2([C@H](O)CN(CCN(C)C)Cc2ccc(F)cc2)CC1=O. The zero-order chi connectivity index (χ0) is 41.2. The van der Waals surface area contributed by atoms with Gasteiger partial charge < -0.3 is 19.8 Å². The van der Waals surface area contributed by atoms with Crippen LogP contribution in [0.3, 0.4) is 0 Å².